The SMILES string of the molecule is C.C.Cc1c(C)c(C)c(C)c(C)c1C.Cc1nc(C)c(C)c(C)c1C.Cc1nc(C)c(C)c(C)c1C.Cc1nc(C)c(C)c(C)c1C. The molecule has 3 nitrogen and oxygen atoms in total. The second-order valence-corrected chi connectivity index (χ2v) is 13.2. The average molecular weight is 642 g/mol. The van der Waals surface area contributed by atoms with Gasteiger partial charge in [-0.2, -0.15) is 0 Å². The Morgan fingerprint density at radius 1 is 0.170 bits per heavy atom. The fourth-order valence-corrected chi connectivity index (χ4v) is 5.42. The van der Waals surface area contributed by atoms with Gasteiger partial charge in [0.05, 0.1) is 0 Å². The van der Waals surface area contributed by atoms with Crippen LogP contribution in [0.4, 0.5) is 0 Å². The summed E-state index contributed by atoms with van der Waals surface area (Å²) in [4.78, 5) is 13.3. The third-order valence-electron chi connectivity index (χ3n) is 11.0. The first-order chi connectivity index (χ1) is 20.6. The van der Waals surface area contributed by atoms with Gasteiger partial charge in [-0.05, 0) is 229 Å². The molecule has 4 aromatic rings. The van der Waals surface area contributed by atoms with Crippen molar-refractivity contribution in [2.75, 3.05) is 0 Å². The van der Waals surface area contributed by atoms with E-state index in [4.69, 9.17) is 0 Å². The number of pyridine rings is 3. The van der Waals surface area contributed by atoms with E-state index < -0.39 is 0 Å². The van der Waals surface area contributed by atoms with Gasteiger partial charge in [0.15, 0.2) is 0 Å². The summed E-state index contributed by atoms with van der Waals surface area (Å²) in [5.41, 5.74) is 27.8. The zero-order valence-corrected chi connectivity index (χ0v) is 32.8. The van der Waals surface area contributed by atoms with Gasteiger partial charge >= 0.3 is 0 Å². The lowest BCUT2D eigenvalue weighted by atomic mass is 9.90. The topological polar surface area (TPSA) is 38.7 Å². The van der Waals surface area contributed by atoms with Crippen molar-refractivity contribution in [2.24, 2.45) is 0 Å². The summed E-state index contributed by atoms with van der Waals surface area (Å²) >= 11 is 0. The first-order valence-corrected chi connectivity index (χ1v) is 16.3. The van der Waals surface area contributed by atoms with Crippen LogP contribution in [0.15, 0.2) is 0 Å². The summed E-state index contributed by atoms with van der Waals surface area (Å²) in [7, 11) is 0. The van der Waals surface area contributed by atoms with Crippen LogP contribution in [0.25, 0.3) is 0 Å². The molecule has 3 heteroatoms. The molecule has 0 radical (unpaired) electrons. The molecule has 0 aliphatic carbocycles. The normalized spacial score (nSPS) is 9.89. The predicted molar refractivity (Wildman–Crippen MR) is 212 cm³/mol. The van der Waals surface area contributed by atoms with Crippen molar-refractivity contribution in [1.29, 1.82) is 0 Å². The number of benzene rings is 1. The highest BCUT2D eigenvalue weighted by Gasteiger charge is 2.08. The van der Waals surface area contributed by atoms with Crippen molar-refractivity contribution in [3.05, 3.63) is 118 Å². The lowest BCUT2D eigenvalue weighted by molar-refractivity contribution is 1.03. The molecule has 0 fully saturated rings. The van der Waals surface area contributed by atoms with Crippen LogP contribution in [0.1, 0.15) is 132 Å². The van der Waals surface area contributed by atoms with Crippen LogP contribution in [0.3, 0.4) is 0 Å². The molecule has 0 amide bonds. The van der Waals surface area contributed by atoms with Gasteiger partial charge < -0.3 is 0 Å². The quantitative estimate of drug-likeness (QED) is 0.192. The van der Waals surface area contributed by atoms with Crippen LogP contribution in [-0.2, 0) is 0 Å². The Labute approximate surface area is 292 Å². The van der Waals surface area contributed by atoms with Gasteiger partial charge in [-0.3, -0.25) is 15.0 Å². The summed E-state index contributed by atoms with van der Waals surface area (Å²) < 4.78 is 0. The molecule has 0 bridgehead atoms. The average Bonchev–Trinajstić information content (AvgIpc) is 3.00. The second-order valence-electron chi connectivity index (χ2n) is 13.2. The molecule has 0 N–H and O–H groups in total. The van der Waals surface area contributed by atoms with E-state index in [1.54, 1.807) is 0 Å². The number of rotatable bonds is 0. The van der Waals surface area contributed by atoms with E-state index in [9.17, 15) is 0 Å². The Balaban J connectivity index is 0. The van der Waals surface area contributed by atoms with Crippen LogP contribution in [0, 0.1) is 145 Å². The molecule has 0 saturated carbocycles. The minimum Gasteiger partial charge on any atom is -0.258 e. The van der Waals surface area contributed by atoms with E-state index in [0.717, 1.165) is 34.2 Å². The van der Waals surface area contributed by atoms with E-state index in [1.165, 1.54) is 83.5 Å². The van der Waals surface area contributed by atoms with E-state index in [-0.39, 0.29) is 14.9 Å². The van der Waals surface area contributed by atoms with Crippen LogP contribution >= 0.6 is 0 Å². The third kappa shape index (κ3) is 10.8. The first-order valence-electron chi connectivity index (χ1n) is 16.3. The van der Waals surface area contributed by atoms with Crippen molar-refractivity contribution >= 4 is 0 Å². The van der Waals surface area contributed by atoms with E-state index >= 15 is 0 Å². The summed E-state index contributed by atoms with van der Waals surface area (Å²) in [6, 6.07) is 0. The Morgan fingerprint density at radius 2 is 0.255 bits per heavy atom. The molecule has 47 heavy (non-hydrogen) atoms. The van der Waals surface area contributed by atoms with Crippen LogP contribution in [-0.4, -0.2) is 15.0 Å². The highest BCUT2D eigenvalue weighted by molar-refractivity contribution is 5.48. The molecule has 0 spiro atoms. The molecule has 0 atom stereocenters. The standard InChI is InChI=1S/C12H18.3C10H15N.2CH4/c1-7-8(2)10(4)12(6)11(5)9(7)3;3*1-6-7(2)9(4)11-10(5)8(6)3;;/h1-6H3;3*1-5H3;2*1H4. The molecular formula is C44H71N3. The first kappa shape index (κ1) is 45.8. The van der Waals surface area contributed by atoms with Crippen molar-refractivity contribution in [1.82, 2.24) is 15.0 Å². The van der Waals surface area contributed by atoms with Crippen molar-refractivity contribution in [3.63, 3.8) is 0 Å². The van der Waals surface area contributed by atoms with Crippen molar-refractivity contribution in [3.8, 4) is 0 Å². The number of aromatic nitrogens is 3. The Bertz CT molecular complexity index is 1360. The van der Waals surface area contributed by atoms with Gasteiger partial charge in [-0.1, -0.05) is 14.9 Å². The Morgan fingerprint density at radius 3 is 0.362 bits per heavy atom. The van der Waals surface area contributed by atoms with E-state index in [1.807, 2.05) is 0 Å². The molecule has 0 unspecified atom stereocenters. The molecule has 3 heterocycles. The minimum absolute atomic E-state index is 0. The van der Waals surface area contributed by atoms with E-state index in [2.05, 4.69) is 160 Å². The summed E-state index contributed by atoms with van der Waals surface area (Å²) in [6.07, 6.45) is 0. The summed E-state index contributed by atoms with van der Waals surface area (Å²) in [6.45, 7) is 44.9. The summed E-state index contributed by atoms with van der Waals surface area (Å²) in [5.74, 6) is 0. The zero-order valence-electron chi connectivity index (χ0n) is 32.8. The molecule has 262 valence electrons. The van der Waals surface area contributed by atoms with Crippen LogP contribution < -0.4 is 0 Å². The fourth-order valence-electron chi connectivity index (χ4n) is 5.42. The molecule has 1 aromatic carbocycles. The lowest BCUT2D eigenvalue weighted by Gasteiger charge is -2.15. The third-order valence-corrected chi connectivity index (χ3v) is 11.0. The zero-order chi connectivity index (χ0) is 35.2. The van der Waals surface area contributed by atoms with Gasteiger partial charge in [-0.25, -0.2) is 0 Å². The lowest BCUT2D eigenvalue weighted by Crippen LogP contribution is -1.98. The highest BCUT2D eigenvalue weighted by atomic mass is 14.7. The number of hydrogen-bond donors (Lipinski definition) is 0. The molecule has 0 aliphatic heterocycles. The van der Waals surface area contributed by atoms with Gasteiger partial charge in [0.25, 0.3) is 0 Å². The van der Waals surface area contributed by atoms with Crippen molar-refractivity contribution < 1.29 is 0 Å². The monoisotopic (exact) mass is 642 g/mol. The smallest absolute Gasteiger partial charge is 0.0407 e. The maximum absolute atomic E-state index is 4.43. The van der Waals surface area contributed by atoms with Gasteiger partial charge in [0, 0.05) is 34.2 Å². The Kier molecular flexibility index (Phi) is 18.4. The van der Waals surface area contributed by atoms with Crippen LogP contribution in [0.2, 0.25) is 0 Å². The highest BCUT2D eigenvalue weighted by Crippen LogP contribution is 2.25. The molecule has 4 rings (SSSR count). The molecule has 0 aliphatic rings. The largest absolute Gasteiger partial charge is 0.258 e. The second kappa shape index (κ2) is 18.9. The molecule has 3 aromatic heterocycles. The summed E-state index contributed by atoms with van der Waals surface area (Å²) in [5, 5.41) is 0. The number of hydrogen-bond acceptors (Lipinski definition) is 3. The van der Waals surface area contributed by atoms with Crippen molar-refractivity contribution in [2.45, 2.75) is 160 Å². The maximum atomic E-state index is 4.43. The van der Waals surface area contributed by atoms with E-state index in [0.29, 0.717) is 0 Å². The predicted octanol–water partition coefficient (Wildman–Crippen LogP) is 12.7. The number of nitrogens with zero attached hydrogens (tertiary/aromatic N) is 3. The molecular weight excluding hydrogens is 571 g/mol. The fraction of sp³-hybridized carbons (Fsp3) is 0.523. The number of aryl methyl sites for hydroxylation is 6. The minimum atomic E-state index is 0. The Hall–Kier alpha value is -3.33. The van der Waals surface area contributed by atoms with Gasteiger partial charge in [-0.15, -0.1) is 0 Å². The van der Waals surface area contributed by atoms with Gasteiger partial charge in [0.1, 0.15) is 0 Å². The molecule has 0 saturated heterocycles. The van der Waals surface area contributed by atoms with Crippen LogP contribution in [0.5, 0.6) is 0 Å². The maximum Gasteiger partial charge on any atom is 0.0407 e. The van der Waals surface area contributed by atoms with Gasteiger partial charge in [0.2, 0.25) is 0 Å².